The maximum Gasteiger partial charge on any atom is 0.224 e. The number of ether oxygens (including phenoxy) is 1. The molecule has 0 atom stereocenters. The minimum Gasteiger partial charge on any atom is -0.491 e. The van der Waals surface area contributed by atoms with Crippen LogP contribution < -0.4 is 15.4 Å². The Balaban J connectivity index is 0.00000220. The van der Waals surface area contributed by atoms with Crippen LogP contribution in [0.4, 0.5) is 10.1 Å². The largest absolute Gasteiger partial charge is 0.491 e. The molecule has 0 saturated heterocycles. The van der Waals surface area contributed by atoms with Gasteiger partial charge in [0.15, 0.2) is 0 Å². The number of anilines is 1. The first-order chi connectivity index (χ1) is 9.69. The van der Waals surface area contributed by atoms with E-state index < -0.39 is 0 Å². The number of rotatable bonds is 8. The van der Waals surface area contributed by atoms with E-state index in [1.165, 1.54) is 25.0 Å². The van der Waals surface area contributed by atoms with Crippen LogP contribution in [0.25, 0.3) is 0 Å². The first kappa shape index (κ1) is 17.7. The van der Waals surface area contributed by atoms with E-state index in [4.69, 9.17) is 4.74 Å². The van der Waals surface area contributed by atoms with Crippen molar-refractivity contribution in [1.29, 1.82) is 0 Å². The summed E-state index contributed by atoms with van der Waals surface area (Å²) in [7, 11) is 1.85. The van der Waals surface area contributed by atoms with Crippen LogP contribution in [0, 0.1) is 11.7 Å². The summed E-state index contributed by atoms with van der Waals surface area (Å²) >= 11 is 0. The summed E-state index contributed by atoms with van der Waals surface area (Å²) in [6.45, 7) is 1.38. The van der Waals surface area contributed by atoms with E-state index >= 15 is 0 Å². The number of benzene rings is 1. The highest BCUT2D eigenvalue weighted by Gasteiger charge is 2.22. The van der Waals surface area contributed by atoms with E-state index in [1.54, 1.807) is 6.07 Å². The highest BCUT2D eigenvalue weighted by Crippen LogP contribution is 2.32. The summed E-state index contributed by atoms with van der Waals surface area (Å²) in [5, 5.41) is 5.77. The maximum absolute atomic E-state index is 13.3. The standard InChI is InChI=1S/C15H21FN2O2.ClH/c1-17-8-2-3-15(19)18-13-7-6-12(16)9-14(13)20-10-11-4-5-11;/h6-7,9,11,17H,2-5,8,10H2,1H3,(H,18,19);1H. The van der Waals surface area contributed by atoms with Crippen molar-refractivity contribution in [3.63, 3.8) is 0 Å². The summed E-state index contributed by atoms with van der Waals surface area (Å²) in [5.74, 6) is 0.559. The lowest BCUT2D eigenvalue weighted by molar-refractivity contribution is -0.116. The fourth-order valence-corrected chi connectivity index (χ4v) is 1.85. The van der Waals surface area contributed by atoms with E-state index in [0.717, 1.165) is 13.0 Å². The van der Waals surface area contributed by atoms with Crippen molar-refractivity contribution in [2.75, 3.05) is 25.5 Å². The van der Waals surface area contributed by atoms with Crippen LogP contribution in [0.15, 0.2) is 18.2 Å². The van der Waals surface area contributed by atoms with E-state index in [9.17, 15) is 9.18 Å². The van der Waals surface area contributed by atoms with Gasteiger partial charge in [-0.25, -0.2) is 4.39 Å². The van der Waals surface area contributed by atoms with Crippen LogP contribution in [-0.2, 0) is 4.79 Å². The van der Waals surface area contributed by atoms with E-state index in [2.05, 4.69) is 10.6 Å². The zero-order chi connectivity index (χ0) is 14.4. The average molecular weight is 317 g/mol. The molecule has 1 aromatic carbocycles. The number of amides is 1. The Hall–Kier alpha value is -1.33. The molecule has 0 unspecified atom stereocenters. The third kappa shape index (κ3) is 6.31. The number of halogens is 2. The molecule has 1 amide bonds. The lowest BCUT2D eigenvalue weighted by Gasteiger charge is -2.12. The molecule has 0 aliphatic heterocycles. The third-order valence-corrected chi connectivity index (χ3v) is 3.22. The van der Waals surface area contributed by atoms with Gasteiger partial charge in [0.2, 0.25) is 5.91 Å². The van der Waals surface area contributed by atoms with E-state index in [0.29, 0.717) is 30.4 Å². The molecule has 4 nitrogen and oxygen atoms in total. The van der Waals surface area contributed by atoms with Crippen LogP contribution >= 0.6 is 12.4 Å². The molecule has 1 aliphatic rings. The molecule has 1 aromatic rings. The zero-order valence-corrected chi connectivity index (χ0v) is 13.0. The lowest BCUT2D eigenvalue weighted by Crippen LogP contribution is -2.16. The molecule has 0 aromatic heterocycles. The first-order valence-corrected chi connectivity index (χ1v) is 7.06. The summed E-state index contributed by atoms with van der Waals surface area (Å²) in [4.78, 5) is 11.8. The molecule has 0 bridgehead atoms. The van der Waals surface area contributed by atoms with E-state index in [-0.39, 0.29) is 24.1 Å². The molecule has 2 N–H and O–H groups in total. The predicted octanol–water partition coefficient (Wildman–Crippen LogP) is 2.97. The van der Waals surface area contributed by atoms with Crippen LogP contribution in [0.5, 0.6) is 5.75 Å². The number of carbonyl (C=O) groups excluding carboxylic acids is 1. The molecule has 0 radical (unpaired) electrons. The normalized spacial score (nSPS) is 13.4. The molecule has 2 rings (SSSR count). The number of carbonyl (C=O) groups is 1. The second-order valence-electron chi connectivity index (χ2n) is 5.15. The van der Waals surface area contributed by atoms with Gasteiger partial charge >= 0.3 is 0 Å². The molecule has 21 heavy (non-hydrogen) atoms. The van der Waals surface area contributed by atoms with Gasteiger partial charge in [0.1, 0.15) is 11.6 Å². The van der Waals surface area contributed by atoms with Gasteiger partial charge in [0, 0.05) is 12.5 Å². The van der Waals surface area contributed by atoms with Crippen molar-refractivity contribution in [1.82, 2.24) is 5.32 Å². The third-order valence-electron chi connectivity index (χ3n) is 3.22. The zero-order valence-electron chi connectivity index (χ0n) is 12.2. The highest BCUT2D eigenvalue weighted by molar-refractivity contribution is 5.92. The molecule has 1 fully saturated rings. The molecule has 6 heteroatoms. The fraction of sp³-hybridized carbons (Fsp3) is 0.533. The second-order valence-corrected chi connectivity index (χ2v) is 5.15. The minimum atomic E-state index is -0.357. The Bertz CT molecular complexity index is 467. The molecule has 0 heterocycles. The Labute approximate surface area is 130 Å². The summed E-state index contributed by atoms with van der Waals surface area (Å²) < 4.78 is 18.9. The molecule has 118 valence electrons. The minimum absolute atomic E-state index is 0. The van der Waals surface area contributed by atoms with E-state index in [1.807, 2.05) is 7.05 Å². The number of nitrogens with one attached hydrogen (secondary N) is 2. The van der Waals surface area contributed by atoms with Crippen LogP contribution in [-0.4, -0.2) is 26.1 Å². The lowest BCUT2D eigenvalue weighted by atomic mass is 10.2. The predicted molar refractivity (Wildman–Crippen MR) is 83.7 cm³/mol. The topological polar surface area (TPSA) is 50.4 Å². The first-order valence-electron chi connectivity index (χ1n) is 7.06. The Kier molecular flexibility index (Phi) is 7.47. The SMILES string of the molecule is CNCCCC(=O)Nc1ccc(F)cc1OCC1CC1.Cl. The Morgan fingerprint density at radius 2 is 2.19 bits per heavy atom. The summed E-state index contributed by atoms with van der Waals surface area (Å²) in [6, 6.07) is 4.20. The van der Waals surface area contributed by atoms with Gasteiger partial charge in [-0.3, -0.25) is 4.79 Å². The fourth-order valence-electron chi connectivity index (χ4n) is 1.85. The van der Waals surface area contributed by atoms with Crippen molar-refractivity contribution in [2.45, 2.75) is 25.7 Å². The van der Waals surface area contributed by atoms with Gasteiger partial charge in [-0.15, -0.1) is 12.4 Å². The average Bonchev–Trinajstić information content (AvgIpc) is 3.23. The Morgan fingerprint density at radius 3 is 2.86 bits per heavy atom. The van der Waals surface area contributed by atoms with Crippen molar-refractivity contribution >= 4 is 24.0 Å². The van der Waals surface area contributed by atoms with Gasteiger partial charge in [-0.1, -0.05) is 0 Å². The van der Waals surface area contributed by atoms with Crippen molar-refractivity contribution in [3.05, 3.63) is 24.0 Å². The maximum atomic E-state index is 13.3. The van der Waals surface area contributed by atoms with Gasteiger partial charge in [0.05, 0.1) is 12.3 Å². The van der Waals surface area contributed by atoms with Crippen molar-refractivity contribution in [2.24, 2.45) is 5.92 Å². The molecule has 1 saturated carbocycles. The second kappa shape index (κ2) is 8.85. The Morgan fingerprint density at radius 1 is 1.43 bits per heavy atom. The van der Waals surface area contributed by atoms with Gasteiger partial charge < -0.3 is 15.4 Å². The van der Waals surface area contributed by atoms with Crippen LogP contribution in [0.3, 0.4) is 0 Å². The monoisotopic (exact) mass is 316 g/mol. The summed E-state index contributed by atoms with van der Waals surface area (Å²) in [6.07, 6.45) is 3.53. The van der Waals surface area contributed by atoms with Gasteiger partial charge in [0.25, 0.3) is 0 Å². The molecular weight excluding hydrogens is 295 g/mol. The van der Waals surface area contributed by atoms with Crippen LogP contribution in [0.2, 0.25) is 0 Å². The van der Waals surface area contributed by atoms with Crippen molar-refractivity contribution in [3.8, 4) is 5.75 Å². The quantitative estimate of drug-likeness (QED) is 0.725. The molecular formula is C15H22ClFN2O2. The summed E-state index contributed by atoms with van der Waals surface area (Å²) in [5.41, 5.74) is 0.543. The smallest absolute Gasteiger partial charge is 0.224 e. The van der Waals surface area contributed by atoms with Gasteiger partial charge in [-0.05, 0) is 50.9 Å². The van der Waals surface area contributed by atoms with Gasteiger partial charge in [-0.2, -0.15) is 0 Å². The van der Waals surface area contributed by atoms with Crippen molar-refractivity contribution < 1.29 is 13.9 Å². The highest BCUT2D eigenvalue weighted by atomic mass is 35.5. The molecule has 1 aliphatic carbocycles. The molecule has 0 spiro atoms. The number of hydrogen-bond acceptors (Lipinski definition) is 3. The number of hydrogen-bond donors (Lipinski definition) is 2. The van der Waals surface area contributed by atoms with Crippen LogP contribution in [0.1, 0.15) is 25.7 Å².